The summed E-state index contributed by atoms with van der Waals surface area (Å²) in [5.74, 6) is 1.48. The number of carbonyl (C=O) groups excluding carboxylic acids is 1. The Morgan fingerprint density at radius 3 is 2.94 bits per heavy atom. The molecule has 92 valence electrons. The highest BCUT2D eigenvalue weighted by atomic mass is 16.7. The third-order valence-electron chi connectivity index (χ3n) is 2.76. The van der Waals surface area contributed by atoms with Crippen molar-refractivity contribution < 1.29 is 19.0 Å². The lowest BCUT2D eigenvalue weighted by Gasteiger charge is -2.03. The molecule has 0 atom stereocenters. The maximum absolute atomic E-state index is 10.9. The summed E-state index contributed by atoms with van der Waals surface area (Å²) in [5.41, 5.74) is 1.21. The Bertz CT molecular complexity index is 400. The number of carbonyl (C=O) groups is 1. The van der Waals surface area contributed by atoms with E-state index in [2.05, 4.69) is 4.74 Å². The first-order valence-corrected chi connectivity index (χ1v) is 5.75. The Morgan fingerprint density at radius 2 is 2.12 bits per heavy atom. The summed E-state index contributed by atoms with van der Waals surface area (Å²) in [6.45, 7) is 0.307. The first-order chi connectivity index (χ1) is 8.29. The number of methoxy groups -OCH3 is 1. The molecule has 0 saturated carbocycles. The van der Waals surface area contributed by atoms with Crippen molar-refractivity contribution in [3.63, 3.8) is 0 Å². The normalized spacial score (nSPS) is 12.5. The topological polar surface area (TPSA) is 44.8 Å². The van der Waals surface area contributed by atoms with Gasteiger partial charge in [0.1, 0.15) is 0 Å². The summed E-state index contributed by atoms with van der Waals surface area (Å²) in [6, 6.07) is 5.96. The lowest BCUT2D eigenvalue weighted by molar-refractivity contribution is -0.140. The maximum atomic E-state index is 10.9. The standard InChI is InChI=1S/C13H16O4/c1-15-13(14)5-3-2-4-10-6-7-11-12(8-10)17-9-16-11/h6-8H,2-5,9H2,1H3. The van der Waals surface area contributed by atoms with Crippen LogP contribution < -0.4 is 9.47 Å². The van der Waals surface area contributed by atoms with Crippen LogP contribution in [0, 0.1) is 0 Å². The quantitative estimate of drug-likeness (QED) is 0.581. The first kappa shape index (κ1) is 11.8. The average Bonchev–Trinajstić information content (AvgIpc) is 2.81. The summed E-state index contributed by atoms with van der Waals surface area (Å²) in [4.78, 5) is 10.9. The van der Waals surface area contributed by atoms with Crippen molar-refractivity contribution in [1.82, 2.24) is 0 Å². The van der Waals surface area contributed by atoms with Gasteiger partial charge in [-0.05, 0) is 37.0 Å². The molecule has 0 bridgehead atoms. The molecular weight excluding hydrogens is 220 g/mol. The van der Waals surface area contributed by atoms with Gasteiger partial charge in [0.05, 0.1) is 7.11 Å². The summed E-state index contributed by atoms with van der Waals surface area (Å²) in [5, 5.41) is 0. The highest BCUT2D eigenvalue weighted by molar-refractivity contribution is 5.68. The Balaban J connectivity index is 1.78. The molecular formula is C13H16O4. The van der Waals surface area contributed by atoms with Gasteiger partial charge in [0, 0.05) is 6.42 Å². The lowest BCUT2D eigenvalue weighted by atomic mass is 10.1. The number of hydrogen-bond donors (Lipinski definition) is 0. The van der Waals surface area contributed by atoms with E-state index in [4.69, 9.17) is 9.47 Å². The molecule has 4 heteroatoms. The van der Waals surface area contributed by atoms with Crippen molar-refractivity contribution in [2.75, 3.05) is 13.9 Å². The van der Waals surface area contributed by atoms with Crippen molar-refractivity contribution in [2.45, 2.75) is 25.7 Å². The smallest absolute Gasteiger partial charge is 0.305 e. The summed E-state index contributed by atoms with van der Waals surface area (Å²) in [7, 11) is 1.42. The highest BCUT2D eigenvalue weighted by Gasteiger charge is 2.12. The Hall–Kier alpha value is -1.71. The zero-order valence-electron chi connectivity index (χ0n) is 9.90. The van der Waals surface area contributed by atoms with Crippen LogP contribution in [0.2, 0.25) is 0 Å². The van der Waals surface area contributed by atoms with Crippen LogP contribution in [0.5, 0.6) is 11.5 Å². The van der Waals surface area contributed by atoms with Gasteiger partial charge in [-0.25, -0.2) is 0 Å². The molecule has 1 heterocycles. The van der Waals surface area contributed by atoms with E-state index >= 15 is 0 Å². The van der Waals surface area contributed by atoms with Gasteiger partial charge < -0.3 is 14.2 Å². The monoisotopic (exact) mass is 236 g/mol. The van der Waals surface area contributed by atoms with E-state index in [9.17, 15) is 4.79 Å². The van der Waals surface area contributed by atoms with Gasteiger partial charge in [0.25, 0.3) is 0 Å². The zero-order chi connectivity index (χ0) is 12.1. The zero-order valence-corrected chi connectivity index (χ0v) is 9.90. The summed E-state index contributed by atoms with van der Waals surface area (Å²) in [6.07, 6.45) is 3.24. The van der Waals surface area contributed by atoms with Gasteiger partial charge in [-0.3, -0.25) is 4.79 Å². The van der Waals surface area contributed by atoms with Crippen LogP contribution in [-0.2, 0) is 16.0 Å². The number of benzene rings is 1. The van der Waals surface area contributed by atoms with Gasteiger partial charge in [-0.1, -0.05) is 6.07 Å². The highest BCUT2D eigenvalue weighted by Crippen LogP contribution is 2.32. The lowest BCUT2D eigenvalue weighted by Crippen LogP contribution is -1.99. The molecule has 0 unspecified atom stereocenters. The third-order valence-corrected chi connectivity index (χ3v) is 2.76. The maximum Gasteiger partial charge on any atom is 0.305 e. The van der Waals surface area contributed by atoms with Gasteiger partial charge in [0.2, 0.25) is 6.79 Å². The van der Waals surface area contributed by atoms with Crippen LogP contribution in [0.3, 0.4) is 0 Å². The predicted octanol–water partition coefficient (Wildman–Crippen LogP) is 2.30. The molecule has 0 aromatic heterocycles. The van der Waals surface area contributed by atoms with Crippen molar-refractivity contribution in [3.05, 3.63) is 23.8 Å². The molecule has 0 amide bonds. The summed E-state index contributed by atoms with van der Waals surface area (Å²) < 4.78 is 15.1. The van der Waals surface area contributed by atoms with Crippen LogP contribution >= 0.6 is 0 Å². The number of fused-ring (bicyclic) bond motifs is 1. The molecule has 1 aromatic rings. The minimum atomic E-state index is -0.143. The molecule has 0 N–H and O–H groups in total. The fourth-order valence-corrected chi connectivity index (χ4v) is 1.80. The van der Waals surface area contributed by atoms with E-state index in [-0.39, 0.29) is 5.97 Å². The van der Waals surface area contributed by atoms with Crippen molar-refractivity contribution in [2.24, 2.45) is 0 Å². The predicted molar refractivity (Wildman–Crippen MR) is 62.1 cm³/mol. The molecule has 1 aromatic carbocycles. The second-order valence-corrected chi connectivity index (χ2v) is 3.97. The van der Waals surface area contributed by atoms with Crippen molar-refractivity contribution >= 4 is 5.97 Å². The number of unbranched alkanes of at least 4 members (excludes halogenated alkanes) is 1. The van der Waals surface area contributed by atoms with Gasteiger partial charge in [-0.2, -0.15) is 0 Å². The second-order valence-electron chi connectivity index (χ2n) is 3.97. The minimum Gasteiger partial charge on any atom is -0.469 e. The van der Waals surface area contributed by atoms with Crippen LogP contribution in [0.1, 0.15) is 24.8 Å². The molecule has 0 radical (unpaired) electrons. The SMILES string of the molecule is COC(=O)CCCCc1ccc2c(c1)OCO2. The summed E-state index contributed by atoms with van der Waals surface area (Å²) >= 11 is 0. The molecule has 1 aliphatic heterocycles. The molecule has 0 saturated heterocycles. The first-order valence-electron chi connectivity index (χ1n) is 5.75. The van der Waals surface area contributed by atoms with E-state index in [1.54, 1.807) is 0 Å². The van der Waals surface area contributed by atoms with E-state index in [1.165, 1.54) is 12.7 Å². The third kappa shape index (κ3) is 3.12. The fraction of sp³-hybridized carbons (Fsp3) is 0.462. The Labute approximate surface area is 100 Å². The van der Waals surface area contributed by atoms with Crippen molar-refractivity contribution in [3.8, 4) is 11.5 Å². The largest absolute Gasteiger partial charge is 0.469 e. The molecule has 4 nitrogen and oxygen atoms in total. The number of aryl methyl sites for hydroxylation is 1. The molecule has 17 heavy (non-hydrogen) atoms. The van der Waals surface area contributed by atoms with Gasteiger partial charge >= 0.3 is 5.97 Å². The van der Waals surface area contributed by atoms with Crippen LogP contribution in [0.25, 0.3) is 0 Å². The Morgan fingerprint density at radius 1 is 1.29 bits per heavy atom. The fourth-order valence-electron chi connectivity index (χ4n) is 1.80. The number of ether oxygens (including phenoxy) is 3. The minimum absolute atomic E-state index is 0.143. The van der Waals surface area contributed by atoms with Crippen LogP contribution in [-0.4, -0.2) is 19.9 Å². The number of esters is 1. The van der Waals surface area contributed by atoms with Crippen molar-refractivity contribution in [1.29, 1.82) is 0 Å². The van der Waals surface area contributed by atoms with E-state index in [1.807, 2.05) is 18.2 Å². The molecule has 2 rings (SSSR count). The van der Waals surface area contributed by atoms with Crippen LogP contribution in [0.4, 0.5) is 0 Å². The Kier molecular flexibility index (Phi) is 3.85. The number of hydrogen-bond acceptors (Lipinski definition) is 4. The molecule has 0 aliphatic carbocycles. The van der Waals surface area contributed by atoms with E-state index < -0.39 is 0 Å². The van der Waals surface area contributed by atoms with Gasteiger partial charge in [-0.15, -0.1) is 0 Å². The molecule has 0 fully saturated rings. The van der Waals surface area contributed by atoms with Crippen LogP contribution in [0.15, 0.2) is 18.2 Å². The molecule has 0 spiro atoms. The van der Waals surface area contributed by atoms with E-state index in [0.29, 0.717) is 13.2 Å². The average molecular weight is 236 g/mol. The van der Waals surface area contributed by atoms with Gasteiger partial charge in [0.15, 0.2) is 11.5 Å². The number of rotatable bonds is 5. The second kappa shape index (κ2) is 5.57. The van der Waals surface area contributed by atoms with E-state index in [0.717, 1.165) is 30.8 Å². The molecule has 1 aliphatic rings.